The van der Waals surface area contributed by atoms with Crippen LogP contribution in [0.5, 0.6) is 0 Å². The number of rotatable bonds is 9. The van der Waals surface area contributed by atoms with E-state index in [1.54, 1.807) is 42.5 Å². The molecule has 8 heterocycles. The monoisotopic (exact) mass is 961 g/mol. The number of carbonyl (C=O) groups is 5. The van der Waals surface area contributed by atoms with Gasteiger partial charge in [0.25, 0.3) is 23.3 Å². The van der Waals surface area contributed by atoms with Crippen molar-refractivity contribution in [2.24, 2.45) is 12.5 Å². The molecule has 11 rings (SSSR count). The fourth-order valence-corrected chi connectivity index (χ4v) is 12.1. The van der Waals surface area contributed by atoms with Gasteiger partial charge >= 0.3 is 0 Å². The van der Waals surface area contributed by atoms with Gasteiger partial charge in [-0.25, -0.2) is 9.97 Å². The maximum atomic E-state index is 14.0. The number of aryl methyl sites for hydroxylation is 2. The molecule has 1 aliphatic carbocycles. The molecule has 2 atom stereocenters. The van der Waals surface area contributed by atoms with Crippen molar-refractivity contribution >= 4 is 58.2 Å². The SMILES string of the molecule is Cc1cc(Nc2nc(-c3ccnc(N4CCn5c(cc6c5CC(C)(C)C6)C4=O)c3CO)cn(C)c2=O)ccc1N1CCN(C2CCN(c3ccc4c(c3)C(=O)N([C@H]3CCC(=O)NC3=O)C4=O)CC2)C[C@@H]1C. The summed E-state index contributed by atoms with van der Waals surface area (Å²) in [6, 6.07) is 14.9. The summed E-state index contributed by atoms with van der Waals surface area (Å²) in [4.78, 5) is 97.9. The molecule has 5 aromatic rings. The van der Waals surface area contributed by atoms with Gasteiger partial charge < -0.3 is 29.4 Å². The lowest BCUT2D eigenvalue weighted by atomic mass is 9.90. The first-order valence-electron chi connectivity index (χ1n) is 24.8. The van der Waals surface area contributed by atoms with Gasteiger partial charge in [-0.2, -0.15) is 0 Å². The summed E-state index contributed by atoms with van der Waals surface area (Å²) in [5.41, 5.74) is 8.81. The quantitative estimate of drug-likeness (QED) is 0.174. The van der Waals surface area contributed by atoms with E-state index >= 15 is 0 Å². The van der Waals surface area contributed by atoms with Gasteiger partial charge in [-0.05, 0) is 111 Å². The molecule has 368 valence electrons. The molecule has 3 saturated heterocycles. The van der Waals surface area contributed by atoms with Gasteiger partial charge in [0.15, 0.2) is 5.82 Å². The van der Waals surface area contributed by atoms with E-state index in [4.69, 9.17) is 4.98 Å². The first-order valence-corrected chi connectivity index (χ1v) is 24.8. The Balaban J connectivity index is 0.730. The van der Waals surface area contributed by atoms with E-state index in [1.807, 2.05) is 24.3 Å². The second kappa shape index (κ2) is 17.6. The second-order valence-corrected chi connectivity index (χ2v) is 20.9. The number of imide groups is 2. The van der Waals surface area contributed by atoms with Crippen LogP contribution in [0.1, 0.15) is 100 Å². The third kappa shape index (κ3) is 8.06. The van der Waals surface area contributed by atoms with E-state index < -0.39 is 29.7 Å². The van der Waals surface area contributed by atoms with Gasteiger partial charge in [0.05, 0.1) is 23.4 Å². The maximum Gasteiger partial charge on any atom is 0.293 e. The molecule has 0 radical (unpaired) electrons. The average Bonchev–Trinajstić information content (AvgIpc) is 3.94. The van der Waals surface area contributed by atoms with Crippen molar-refractivity contribution in [3.63, 3.8) is 0 Å². The minimum Gasteiger partial charge on any atom is -0.392 e. The molecule has 5 aliphatic heterocycles. The number of aromatic nitrogens is 4. The van der Waals surface area contributed by atoms with Crippen LogP contribution in [0.4, 0.5) is 28.7 Å². The zero-order valence-electron chi connectivity index (χ0n) is 40.8. The summed E-state index contributed by atoms with van der Waals surface area (Å²) >= 11 is 0. The van der Waals surface area contributed by atoms with Crippen LogP contribution in [0.15, 0.2) is 65.7 Å². The van der Waals surface area contributed by atoms with Crippen molar-refractivity contribution in [2.45, 2.75) is 97.5 Å². The largest absolute Gasteiger partial charge is 0.392 e. The molecule has 5 amide bonds. The number of aliphatic hydroxyl groups is 1. The predicted molar refractivity (Wildman–Crippen MR) is 267 cm³/mol. The normalized spacial score (nSPS) is 21.5. The van der Waals surface area contributed by atoms with E-state index in [1.165, 1.54) is 15.8 Å². The van der Waals surface area contributed by atoms with Gasteiger partial charge in [-0.3, -0.25) is 48.8 Å². The average molecular weight is 962 g/mol. The zero-order chi connectivity index (χ0) is 49.6. The number of aliphatic hydroxyl groups excluding tert-OH is 1. The van der Waals surface area contributed by atoms with Crippen LogP contribution in [0.25, 0.3) is 11.3 Å². The Morgan fingerprint density at radius 1 is 0.845 bits per heavy atom. The minimum absolute atomic E-state index is 0.0787. The lowest BCUT2D eigenvalue weighted by molar-refractivity contribution is -0.136. The number of piperidine rings is 2. The molecule has 0 unspecified atom stereocenters. The number of hydrogen-bond donors (Lipinski definition) is 3. The number of pyridine rings is 1. The van der Waals surface area contributed by atoms with E-state index in [9.17, 15) is 33.9 Å². The van der Waals surface area contributed by atoms with Crippen molar-refractivity contribution in [3.8, 4) is 11.3 Å². The smallest absolute Gasteiger partial charge is 0.293 e. The van der Waals surface area contributed by atoms with Crippen LogP contribution in [0.3, 0.4) is 0 Å². The van der Waals surface area contributed by atoms with Crippen molar-refractivity contribution in [1.82, 2.24) is 34.2 Å². The Morgan fingerprint density at radius 2 is 1.63 bits per heavy atom. The topological polar surface area (TPSA) is 199 Å². The first-order chi connectivity index (χ1) is 34.1. The van der Waals surface area contributed by atoms with Crippen molar-refractivity contribution in [1.29, 1.82) is 0 Å². The van der Waals surface area contributed by atoms with E-state index in [-0.39, 0.29) is 53.8 Å². The highest BCUT2D eigenvalue weighted by Crippen LogP contribution is 2.41. The Kier molecular flexibility index (Phi) is 11.5. The predicted octanol–water partition coefficient (Wildman–Crippen LogP) is 4.55. The Morgan fingerprint density at radius 3 is 2.38 bits per heavy atom. The summed E-state index contributed by atoms with van der Waals surface area (Å²) in [6.07, 6.45) is 7.22. The molecule has 18 heteroatoms. The lowest BCUT2D eigenvalue weighted by Crippen LogP contribution is -2.57. The second-order valence-electron chi connectivity index (χ2n) is 20.9. The summed E-state index contributed by atoms with van der Waals surface area (Å²) < 4.78 is 3.62. The Hall–Kier alpha value is -7.18. The van der Waals surface area contributed by atoms with Crippen LogP contribution in [-0.2, 0) is 42.6 Å². The van der Waals surface area contributed by atoms with Crippen LogP contribution >= 0.6 is 0 Å². The van der Waals surface area contributed by atoms with Crippen molar-refractivity contribution < 1.29 is 29.1 Å². The number of nitrogens with zero attached hydrogens (tertiary/aromatic N) is 9. The maximum absolute atomic E-state index is 14.0. The van der Waals surface area contributed by atoms with Crippen LogP contribution in [0, 0.1) is 12.3 Å². The fourth-order valence-electron chi connectivity index (χ4n) is 12.1. The minimum atomic E-state index is -0.993. The number of carbonyl (C=O) groups excluding carboxylic acids is 5. The van der Waals surface area contributed by atoms with Crippen molar-refractivity contribution in [2.75, 3.05) is 59.3 Å². The van der Waals surface area contributed by atoms with Crippen molar-refractivity contribution in [3.05, 3.63) is 110 Å². The molecule has 18 nitrogen and oxygen atoms in total. The van der Waals surface area contributed by atoms with Gasteiger partial charge in [-0.15, -0.1) is 0 Å². The molecular weight excluding hydrogens is 903 g/mol. The summed E-state index contributed by atoms with van der Waals surface area (Å²) in [5, 5.41) is 16.4. The highest BCUT2D eigenvalue weighted by atomic mass is 16.3. The van der Waals surface area contributed by atoms with E-state index in [0.29, 0.717) is 58.7 Å². The van der Waals surface area contributed by atoms with E-state index in [0.717, 1.165) is 80.2 Å². The molecule has 3 fully saturated rings. The first kappa shape index (κ1) is 46.2. The number of anilines is 5. The summed E-state index contributed by atoms with van der Waals surface area (Å²) in [5.74, 6) is -1.65. The van der Waals surface area contributed by atoms with E-state index in [2.05, 4.69) is 68.6 Å². The van der Waals surface area contributed by atoms with Gasteiger partial charge in [0.2, 0.25) is 11.8 Å². The Bertz CT molecular complexity index is 3130. The highest BCUT2D eigenvalue weighted by molar-refractivity contribution is 6.23. The number of amides is 5. The lowest BCUT2D eigenvalue weighted by Gasteiger charge is -2.47. The Labute approximate surface area is 411 Å². The third-order valence-corrected chi connectivity index (χ3v) is 15.6. The summed E-state index contributed by atoms with van der Waals surface area (Å²) in [7, 11) is 1.67. The number of fused-ring (bicyclic) bond motifs is 4. The standard InChI is InChI=1S/C53H59N11O7/c1-30-22-33(55-46-52(71)58(5)28-40(56-46)36-12-15-54-47(39(36)29-65)63-21-20-62-43(51(63)70)23-32-25-53(3,4)26-44(32)62)6-9-41(30)61-19-18-60(27-31(61)2)34-13-16-59(17-14-34)35-7-8-37-38(24-35)50(69)64(49(37)68)42-10-11-45(66)57-48(42)67/h6-9,12,15,22-24,28,31,34,42,65H,10-11,13-14,16-21,25-27,29H2,1-5H3,(H,55,56)(H,57,66,67)/t31-,42-/m0/s1. The molecule has 2 aromatic carbocycles. The number of piperazine rings is 1. The fraction of sp³-hybridized carbons (Fsp3) is 0.434. The molecule has 0 bridgehead atoms. The number of benzene rings is 2. The van der Waals surface area contributed by atoms with Gasteiger partial charge in [-0.1, -0.05) is 13.8 Å². The molecule has 6 aliphatic rings. The molecule has 3 aromatic heterocycles. The molecule has 0 saturated carbocycles. The number of hydrogen-bond acceptors (Lipinski definition) is 13. The molecule has 0 spiro atoms. The van der Waals surface area contributed by atoms with Crippen LogP contribution in [0.2, 0.25) is 0 Å². The van der Waals surface area contributed by atoms with Gasteiger partial charge in [0.1, 0.15) is 17.6 Å². The zero-order valence-corrected chi connectivity index (χ0v) is 40.8. The van der Waals surface area contributed by atoms with Gasteiger partial charge in [0, 0.05) is 118 Å². The third-order valence-electron chi connectivity index (χ3n) is 15.6. The molecular formula is C53H59N11O7. The molecule has 3 N–H and O–H groups in total. The molecule has 71 heavy (non-hydrogen) atoms. The van der Waals surface area contributed by atoms with Crippen LogP contribution < -0.4 is 30.9 Å². The number of nitrogens with one attached hydrogen (secondary N) is 2. The summed E-state index contributed by atoms with van der Waals surface area (Å²) in [6.45, 7) is 13.8. The highest BCUT2D eigenvalue weighted by Gasteiger charge is 2.45. The van der Waals surface area contributed by atoms with Crippen LogP contribution in [-0.4, -0.2) is 121 Å².